The molecule has 1 aromatic carbocycles. The van der Waals surface area contributed by atoms with Crippen LogP contribution in [0, 0.1) is 11.3 Å². The first-order valence-electron chi connectivity index (χ1n) is 6.81. The van der Waals surface area contributed by atoms with Crippen molar-refractivity contribution < 1.29 is 14.3 Å². The largest absolute Gasteiger partial charge is 0.493 e. The van der Waals surface area contributed by atoms with Crippen LogP contribution in [0.2, 0.25) is 0 Å². The number of nitriles is 1. The number of nitrogens with zero attached hydrogens (tertiary/aromatic N) is 2. The quantitative estimate of drug-likeness (QED) is 0.773. The van der Waals surface area contributed by atoms with Gasteiger partial charge in [0.2, 0.25) is 5.91 Å². The highest BCUT2D eigenvalue weighted by Crippen LogP contribution is 2.35. The lowest BCUT2D eigenvalue weighted by Gasteiger charge is -2.35. The first-order chi connectivity index (χ1) is 9.81. The molecule has 104 valence electrons. The zero-order chi connectivity index (χ0) is 13.9. The number of para-hydroxylation sites is 1. The Morgan fingerprint density at radius 3 is 3.05 bits per heavy atom. The van der Waals surface area contributed by atoms with E-state index in [1.165, 1.54) is 0 Å². The molecule has 0 radical (unpaired) electrons. The number of hydrogen-bond donors (Lipinski definition) is 0. The van der Waals surface area contributed by atoms with Crippen LogP contribution in [0.4, 0.5) is 0 Å². The van der Waals surface area contributed by atoms with Gasteiger partial charge in [-0.1, -0.05) is 18.2 Å². The topological polar surface area (TPSA) is 62.6 Å². The number of fused-ring (bicyclic) bond motifs is 1. The summed E-state index contributed by atoms with van der Waals surface area (Å²) in [5, 5.41) is 9.16. The van der Waals surface area contributed by atoms with E-state index < -0.39 is 6.04 Å². The van der Waals surface area contributed by atoms with Gasteiger partial charge in [-0.3, -0.25) is 4.79 Å². The van der Waals surface area contributed by atoms with Crippen molar-refractivity contribution >= 4 is 5.91 Å². The monoisotopic (exact) mass is 272 g/mol. The van der Waals surface area contributed by atoms with E-state index in [1.54, 1.807) is 4.90 Å². The van der Waals surface area contributed by atoms with Gasteiger partial charge >= 0.3 is 0 Å². The highest BCUT2D eigenvalue weighted by Gasteiger charge is 2.35. The van der Waals surface area contributed by atoms with E-state index in [9.17, 15) is 4.79 Å². The molecular weight excluding hydrogens is 256 g/mol. The molecule has 1 aromatic rings. The highest BCUT2D eigenvalue weighted by atomic mass is 16.5. The molecule has 2 atom stereocenters. The second-order valence-corrected chi connectivity index (χ2v) is 4.98. The first kappa shape index (κ1) is 12.9. The van der Waals surface area contributed by atoms with Crippen molar-refractivity contribution in [3.63, 3.8) is 0 Å². The molecule has 5 nitrogen and oxygen atoms in total. The molecule has 1 fully saturated rings. The molecule has 0 unspecified atom stereocenters. The lowest BCUT2D eigenvalue weighted by Crippen LogP contribution is -2.50. The minimum Gasteiger partial charge on any atom is -0.493 e. The van der Waals surface area contributed by atoms with E-state index in [1.807, 2.05) is 24.3 Å². The lowest BCUT2D eigenvalue weighted by molar-refractivity contribution is -0.140. The summed E-state index contributed by atoms with van der Waals surface area (Å²) in [6, 6.07) is 9.29. The molecule has 0 aromatic heterocycles. The third-order valence-corrected chi connectivity index (χ3v) is 3.82. The molecule has 0 bridgehead atoms. The van der Waals surface area contributed by atoms with Crippen molar-refractivity contribution in [2.24, 2.45) is 0 Å². The Labute approximate surface area is 117 Å². The molecule has 20 heavy (non-hydrogen) atoms. The van der Waals surface area contributed by atoms with Crippen molar-refractivity contribution in [1.82, 2.24) is 4.90 Å². The van der Waals surface area contributed by atoms with Gasteiger partial charge in [-0.05, 0) is 12.5 Å². The zero-order valence-corrected chi connectivity index (χ0v) is 11.1. The first-order valence-corrected chi connectivity index (χ1v) is 6.81. The van der Waals surface area contributed by atoms with Crippen LogP contribution in [0.3, 0.4) is 0 Å². The van der Waals surface area contributed by atoms with Gasteiger partial charge in [0.25, 0.3) is 0 Å². The fourth-order valence-electron chi connectivity index (χ4n) is 2.77. The van der Waals surface area contributed by atoms with Crippen LogP contribution in [0.25, 0.3) is 0 Å². The normalized spacial score (nSPS) is 25.2. The Balaban J connectivity index is 1.86. The molecule has 5 heteroatoms. The second kappa shape index (κ2) is 5.51. The van der Waals surface area contributed by atoms with Crippen LogP contribution >= 0.6 is 0 Å². The summed E-state index contributed by atoms with van der Waals surface area (Å²) < 4.78 is 10.9. The molecule has 0 saturated carbocycles. The Morgan fingerprint density at radius 2 is 2.20 bits per heavy atom. The van der Waals surface area contributed by atoms with E-state index in [0.29, 0.717) is 32.8 Å². The molecule has 2 aliphatic heterocycles. The average molecular weight is 272 g/mol. The second-order valence-electron chi connectivity index (χ2n) is 4.98. The maximum Gasteiger partial charge on any atom is 0.231 e. The minimum atomic E-state index is -0.480. The maximum absolute atomic E-state index is 12.7. The Bertz CT molecular complexity index is 552. The van der Waals surface area contributed by atoms with Crippen molar-refractivity contribution in [1.29, 1.82) is 5.26 Å². The SMILES string of the molecule is N#C[C@@H]1COCCN1C(=O)[C@@H]1CCOc2ccccc21. The molecule has 1 saturated heterocycles. The molecule has 1 amide bonds. The number of rotatable bonds is 1. The Morgan fingerprint density at radius 1 is 1.35 bits per heavy atom. The number of carbonyl (C=O) groups excluding carboxylic acids is 1. The molecular formula is C15H16N2O3. The van der Waals surface area contributed by atoms with Gasteiger partial charge in [0.05, 0.1) is 31.8 Å². The Kier molecular flexibility index (Phi) is 3.57. The van der Waals surface area contributed by atoms with Gasteiger partial charge in [0.1, 0.15) is 11.8 Å². The molecule has 2 aliphatic rings. The molecule has 2 heterocycles. The summed E-state index contributed by atoms with van der Waals surface area (Å²) in [4.78, 5) is 14.4. The van der Waals surface area contributed by atoms with Gasteiger partial charge in [0, 0.05) is 12.1 Å². The van der Waals surface area contributed by atoms with Gasteiger partial charge < -0.3 is 14.4 Å². The van der Waals surface area contributed by atoms with E-state index in [-0.39, 0.29) is 11.8 Å². The predicted molar refractivity (Wildman–Crippen MR) is 71.2 cm³/mol. The van der Waals surface area contributed by atoms with Crippen molar-refractivity contribution in [2.45, 2.75) is 18.4 Å². The number of benzene rings is 1. The van der Waals surface area contributed by atoms with Gasteiger partial charge in [-0.2, -0.15) is 5.26 Å². The highest BCUT2D eigenvalue weighted by molar-refractivity contribution is 5.85. The number of amides is 1. The van der Waals surface area contributed by atoms with E-state index in [0.717, 1.165) is 11.3 Å². The standard InChI is InChI=1S/C15H16N2O3/c16-9-11-10-19-8-6-17(11)15(18)13-5-7-20-14-4-2-1-3-12(13)14/h1-4,11,13H,5-8,10H2/t11-,13-/m1/s1. The summed E-state index contributed by atoms with van der Waals surface area (Å²) in [6.45, 7) is 1.81. The van der Waals surface area contributed by atoms with Crippen LogP contribution in [-0.2, 0) is 9.53 Å². The van der Waals surface area contributed by atoms with Crippen molar-refractivity contribution in [3.8, 4) is 11.8 Å². The number of ether oxygens (including phenoxy) is 2. The summed E-state index contributed by atoms with van der Waals surface area (Å²) in [7, 11) is 0. The maximum atomic E-state index is 12.7. The van der Waals surface area contributed by atoms with Gasteiger partial charge in [-0.25, -0.2) is 0 Å². The third-order valence-electron chi connectivity index (χ3n) is 3.82. The number of morpholine rings is 1. The summed E-state index contributed by atoms with van der Waals surface area (Å²) in [5.74, 6) is 0.573. The van der Waals surface area contributed by atoms with Gasteiger partial charge in [-0.15, -0.1) is 0 Å². The van der Waals surface area contributed by atoms with E-state index >= 15 is 0 Å². The number of hydrogen-bond acceptors (Lipinski definition) is 4. The van der Waals surface area contributed by atoms with Crippen LogP contribution in [0.15, 0.2) is 24.3 Å². The van der Waals surface area contributed by atoms with Crippen LogP contribution < -0.4 is 4.74 Å². The summed E-state index contributed by atoms with van der Waals surface area (Å²) >= 11 is 0. The minimum absolute atomic E-state index is 0.00981. The van der Waals surface area contributed by atoms with Crippen molar-refractivity contribution in [2.75, 3.05) is 26.4 Å². The zero-order valence-electron chi connectivity index (χ0n) is 11.1. The smallest absolute Gasteiger partial charge is 0.231 e. The predicted octanol–water partition coefficient (Wildman–Crippen LogP) is 1.30. The van der Waals surface area contributed by atoms with Crippen LogP contribution in [0.1, 0.15) is 17.9 Å². The fraction of sp³-hybridized carbons (Fsp3) is 0.467. The lowest BCUT2D eigenvalue weighted by atomic mass is 9.91. The van der Waals surface area contributed by atoms with Crippen LogP contribution in [-0.4, -0.2) is 43.2 Å². The van der Waals surface area contributed by atoms with Gasteiger partial charge in [0.15, 0.2) is 0 Å². The van der Waals surface area contributed by atoms with Crippen LogP contribution in [0.5, 0.6) is 5.75 Å². The Hall–Kier alpha value is -2.06. The molecule has 3 rings (SSSR count). The molecule has 0 aliphatic carbocycles. The average Bonchev–Trinajstić information content (AvgIpc) is 2.53. The molecule has 0 spiro atoms. The fourth-order valence-corrected chi connectivity index (χ4v) is 2.77. The third kappa shape index (κ3) is 2.23. The number of carbonyl (C=O) groups is 1. The van der Waals surface area contributed by atoms with E-state index in [2.05, 4.69) is 6.07 Å². The summed E-state index contributed by atoms with van der Waals surface area (Å²) in [6.07, 6.45) is 0.658. The molecule has 0 N–H and O–H groups in total. The van der Waals surface area contributed by atoms with Crippen molar-refractivity contribution in [3.05, 3.63) is 29.8 Å². The summed E-state index contributed by atoms with van der Waals surface area (Å²) in [5.41, 5.74) is 0.923. The van der Waals surface area contributed by atoms with E-state index in [4.69, 9.17) is 14.7 Å².